The summed E-state index contributed by atoms with van der Waals surface area (Å²) in [6, 6.07) is 5.51. The van der Waals surface area contributed by atoms with Gasteiger partial charge in [0.15, 0.2) is 0 Å². The predicted molar refractivity (Wildman–Crippen MR) is 43.7 cm³/mol. The average Bonchev–Trinajstić information content (AvgIpc) is 2.49. The van der Waals surface area contributed by atoms with E-state index in [-0.39, 0.29) is 0 Å². The number of aromatic nitrogens is 2. The van der Waals surface area contributed by atoms with Crippen molar-refractivity contribution in [1.29, 1.82) is 0 Å². The van der Waals surface area contributed by atoms with E-state index in [4.69, 9.17) is 5.73 Å². The largest absolute Gasteiger partial charge is 0.364 e. The highest BCUT2D eigenvalue weighted by Crippen LogP contribution is 2.21. The number of carbonyl (C=O) groups is 1. The molecular formula is C8H7N3O. The highest BCUT2D eigenvalue weighted by atomic mass is 16.1. The average molecular weight is 161 g/mol. The smallest absolute Gasteiger partial charge is 0.268 e. The fraction of sp³-hybridized carbons (Fsp3) is 0. The van der Waals surface area contributed by atoms with Gasteiger partial charge in [0, 0.05) is 11.3 Å². The molecule has 0 aromatic heterocycles. The predicted octanol–water partition coefficient (Wildman–Crippen LogP) is 0.613. The Bertz CT molecular complexity index is 393. The first kappa shape index (κ1) is 6.84. The van der Waals surface area contributed by atoms with Gasteiger partial charge in [0.05, 0.1) is 6.33 Å². The first-order valence-corrected chi connectivity index (χ1v) is 3.51. The van der Waals surface area contributed by atoms with Crippen molar-refractivity contribution >= 4 is 5.91 Å². The number of carbonyl (C=O) groups excluding carboxylic acids is 1. The van der Waals surface area contributed by atoms with Gasteiger partial charge in [0.2, 0.25) is 0 Å². The van der Waals surface area contributed by atoms with Crippen molar-refractivity contribution in [3.8, 4) is 11.3 Å². The number of amides is 1. The molecule has 60 valence electrons. The van der Waals surface area contributed by atoms with Gasteiger partial charge in [-0.25, -0.2) is 4.98 Å². The summed E-state index contributed by atoms with van der Waals surface area (Å²) in [6.07, 6.45) is 1.46. The molecule has 4 heteroatoms. The van der Waals surface area contributed by atoms with Gasteiger partial charge in [-0.3, -0.25) is 4.79 Å². The Morgan fingerprint density at radius 2 is 2.33 bits per heavy atom. The maximum absolute atomic E-state index is 10.9. The molecule has 0 atom stereocenters. The van der Waals surface area contributed by atoms with Crippen molar-refractivity contribution in [2.45, 2.75) is 0 Å². The molecule has 1 aliphatic heterocycles. The minimum atomic E-state index is -0.500. The second-order valence-electron chi connectivity index (χ2n) is 2.47. The quantitative estimate of drug-likeness (QED) is 0.643. The van der Waals surface area contributed by atoms with Crippen molar-refractivity contribution < 1.29 is 4.79 Å². The Morgan fingerprint density at radius 1 is 1.50 bits per heavy atom. The summed E-state index contributed by atoms with van der Waals surface area (Å²) in [4.78, 5) is 17.6. The third-order valence-corrected chi connectivity index (χ3v) is 1.72. The maximum Gasteiger partial charge on any atom is 0.268 e. The summed E-state index contributed by atoms with van der Waals surface area (Å²) in [5.74, 6) is -0.500. The number of nitrogens with one attached hydrogen (secondary N) is 1. The maximum atomic E-state index is 10.9. The van der Waals surface area contributed by atoms with Gasteiger partial charge in [-0.2, -0.15) is 0 Å². The van der Waals surface area contributed by atoms with E-state index in [2.05, 4.69) is 9.97 Å². The van der Waals surface area contributed by atoms with Crippen molar-refractivity contribution in [2.24, 2.45) is 5.73 Å². The molecule has 12 heavy (non-hydrogen) atoms. The monoisotopic (exact) mass is 161 g/mol. The van der Waals surface area contributed by atoms with E-state index in [1.54, 1.807) is 6.07 Å². The van der Waals surface area contributed by atoms with E-state index >= 15 is 0 Å². The van der Waals surface area contributed by atoms with E-state index in [1.807, 2.05) is 12.1 Å². The SMILES string of the molecule is NC(=O)c1nc[nH]c2cccc1-2. The summed E-state index contributed by atoms with van der Waals surface area (Å²) in [5, 5.41) is 0. The molecule has 0 spiro atoms. The lowest BCUT2D eigenvalue weighted by molar-refractivity contribution is 0.0996. The summed E-state index contributed by atoms with van der Waals surface area (Å²) < 4.78 is 0. The Labute approximate surface area is 68.8 Å². The zero-order valence-corrected chi connectivity index (χ0v) is 6.24. The van der Waals surface area contributed by atoms with Crippen LogP contribution in [0.5, 0.6) is 0 Å². The van der Waals surface area contributed by atoms with E-state index in [0.717, 1.165) is 11.3 Å². The van der Waals surface area contributed by atoms with Crippen molar-refractivity contribution in [3.05, 3.63) is 30.2 Å². The molecule has 0 aromatic rings. The molecule has 0 saturated carbocycles. The number of fused-ring (bicyclic) bond motifs is 1. The second kappa shape index (κ2) is 2.34. The van der Waals surface area contributed by atoms with E-state index in [1.165, 1.54) is 6.33 Å². The Hall–Kier alpha value is -1.84. The van der Waals surface area contributed by atoms with Gasteiger partial charge in [0.25, 0.3) is 5.91 Å². The number of hydrogen-bond donors (Lipinski definition) is 2. The van der Waals surface area contributed by atoms with Crippen LogP contribution in [0.4, 0.5) is 0 Å². The molecule has 4 nitrogen and oxygen atoms in total. The first-order chi connectivity index (χ1) is 5.79. The van der Waals surface area contributed by atoms with E-state index in [0.29, 0.717) is 5.69 Å². The number of rotatable bonds is 1. The Balaban J connectivity index is 2.71. The van der Waals surface area contributed by atoms with Crippen LogP contribution >= 0.6 is 0 Å². The second-order valence-corrected chi connectivity index (χ2v) is 2.47. The van der Waals surface area contributed by atoms with Gasteiger partial charge in [-0.1, -0.05) is 12.1 Å². The fourth-order valence-electron chi connectivity index (χ4n) is 1.18. The van der Waals surface area contributed by atoms with Crippen LogP contribution in [-0.2, 0) is 0 Å². The van der Waals surface area contributed by atoms with Gasteiger partial charge in [0.1, 0.15) is 5.69 Å². The van der Waals surface area contributed by atoms with Crippen molar-refractivity contribution in [1.82, 2.24) is 9.97 Å². The molecule has 0 radical (unpaired) electrons. The van der Waals surface area contributed by atoms with Crippen LogP contribution in [0.1, 0.15) is 10.5 Å². The Morgan fingerprint density at radius 3 is 3.08 bits per heavy atom. The lowest BCUT2D eigenvalue weighted by Gasteiger charge is -2.01. The van der Waals surface area contributed by atoms with Gasteiger partial charge in [-0.05, 0) is 6.07 Å². The third-order valence-electron chi connectivity index (χ3n) is 1.72. The fourth-order valence-corrected chi connectivity index (χ4v) is 1.18. The van der Waals surface area contributed by atoms with Crippen LogP contribution in [0, 0.1) is 0 Å². The van der Waals surface area contributed by atoms with E-state index < -0.39 is 5.91 Å². The van der Waals surface area contributed by atoms with Gasteiger partial charge >= 0.3 is 0 Å². The number of nitrogens with two attached hydrogens (primary N) is 1. The summed E-state index contributed by atoms with van der Waals surface area (Å²) in [7, 11) is 0. The minimum Gasteiger partial charge on any atom is -0.364 e. The van der Waals surface area contributed by atoms with Crippen LogP contribution in [0.3, 0.4) is 0 Å². The van der Waals surface area contributed by atoms with Gasteiger partial charge in [-0.15, -0.1) is 0 Å². The lowest BCUT2D eigenvalue weighted by Crippen LogP contribution is -2.14. The highest BCUT2D eigenvalue weighted by molar-refractivity contribution is 5.97. The van der Waals surface area contributed by atoms with Gasteiger partial charge < -0.3 is 10.7 Å². The summed E-state index contributed by atoms with van der Waals surface area (Å²) >= 11 is 0. The molecule has 2 aliphatic rings. The zero-order valence-electron chi connectivity index (χ0n) is 6.24. The zero-order chi connectivity index (χ0) is 8.55. The number of aromatic amines is 1. The molecule has 3 N–H and O–H groups in total. The number of primary amides is 1. The standard InChI is InChI=1S/C8H7N3O/c9-8(12)7-5-2-1-3-6(5)10-4-11-7/h1-4H,(H2,9,12)(H,10,11). The molecule has 0 unspecified atom stereocenters. The number of hydrogen-bond acceptors (Lipinski definition) is 2. The number of nitrogens with zero attached hydrogens (tertiary/aromatic N) is 1. The molecular weight excluding hydrogens is 154 g/mol. The number of H-pyrrole nitrogens is 1. The molecule has 0 fully saturated rings. The first-order valence-electron chi connectivity index (χ1n) is 3.51. The van der Waals surface area contributed by atoms with Crippen molar-refractivity contribution in [3.63, 3.8) is 0 Å². The van der Waals surface area contributed by atoms with Crippen LogP contribution in [0.25, 0.3) is 11.3 Å². The van der Waals surface area contributed by atoms with E-state index in [9.17, 15) is 4.79 Å². The lowest BCUT2D eigenvalue weighted by atomic mass is 10.2. The van der Waals surface area contributed by atoms with Crippen LogP contribution < -0.4 is 5.73 Å². The molecule has 2 rings (SSSR count). The molecule has 0 saturated heterocycles. The third kappa shape index (κ3) is 0.852. The van der Waals surface area contributed by atoms with Crippen LogP contribution in [0.15, 0.2) is 24.5 Å². The molecule has 1 aliphatic carbocycles. The normalized spacial score (nSPS) is 10.3. The molecule has 0 aromatic carbocycles. The summed E-state index contributed by atoms with van der Waals surface area (Å²) in [6.45, 7) is 0. The topological polar surface area (TPSA) is 71.8 Å². The van der Waals surface area contributed by atoms with Crippen LogP contribution in [-0.4, -0.2) is 15.9 Å². The molecule has 1 amide bonds. The van der Waals surface area contributed by atoms with Crippen molar-refractivity contribution in [2.75, 3.05) is 0 Å². The molecule has 0 bridgehead atoms. The Kier molecular flexibility index (Phi) is 1.33. The van der Waals surface area contributed by atoms with Crippen LogP contribution in [0.2, 0.25) is 0 Å². The highest BCUT2D eigenvalue weighted by Gasteiger charge is 2.12. The molecule has 1 heterocycles. The summed E-state index contributed by atoms with van der Waals surface area (Å²) in [5.41, 5.74) is 7.08. The minimum absolute atomic E-state index is 0.314.